The fraction of sp³-hybridized carbons (Fsp3) is 0.122. The number of ether oxygens (including phenoxy) is 1. The number of hydrogen-bond donors (Lipinski definition) is 0. The van der Waals surface area contributed by atoms with Crippen LogP contribution in [0.25, 0.3) is 50.5 Å². The van der Waals surface area contributed by atoms with Crippen LogP contribution in [0.5, 0.6) is 11.5 Å². The van der Waals surface area contributed by atoms with Crippen molar-refractivity contribution < 1.29 is 25.8 Å². The molecule has 6 heteroatoms. The molecule has 0 saturated heterocycles. The minimum atomic E-state index is -0.244. The van der Waals surface area contributed by atoms with E-state index >= 15 is 0 Å². The van der Waals surface area contributed by atoms with E-state index in [0.717, 1.165) is 51.7 Å². The third kappa shape index (κ3) is 4.16. The standard InChI is InChI=1S/C41H27N3OS.Pt/c1-4-15-33-29(12-1)30-13-2-5-16-34(30)41(33)22-21-37-39(41)40(43-46-37)26-10-9-11-27(24-26)45-28-19-20-32-31-14-3-6-17-35(31)44(36(32)25-28)38-18-7-8-23-42-38;/h1,3-4,6-12,14-15,17-23H,2,5,13,16H2;/q-2;+2. The molecule has 0 aliphatic heterocycles. The molecular weight excluding hydrogens is 778 g/mol. The average molecular weight is 805 g/mol. The zero-order valence-electron chi connectivity index (χ0n) is 25.3. The van der Waals surface area contributed by atoms with Gasteiger partial charge in [-0.15, -0.1) is 41.3 Å². The van der Waals surface area contributed by atoms with Crippen molar-refractivity contribution in [1.82, 2.24) is 13.9 Å². The van der Waals surface area contributed by atoms with Crippen molar-refractivity contribution in [2.24, 2.45) is 0 Å². The summed E-state index contributed by atoms with van der Waals surface area (Å²) < 4.78 is 13.7. The van der Waals surface area contributed by atoms with Crippen LogP contribution in [0.1, 0.15) is 47.3 Å². The molecule has 0 saturated carbocycles. The molecule has 0 radical (unpaired) electrons. The molecule has 1 atom stereocenters. The number of pyridine rings is 1. The van der Waals surface area contributed by atoms with Gasteiger partial charge >= 0.3 is 21.1 Å². The summed E-state index contributed by atoms with van der Waals surface area (Å²) in [5, 5.41) is 2.26. The van der Waals surface area contributed by atoms with E-state index in [9.17, 15) is 0 Å². The van der Waals surface area contributed by atoms with Crippen molar-refractivity contribution in [3.8, 4) is 28.6 Å². The van der Waals surface area contributed by atoms with Gasteiger partial charge in [0.2, 0.25) is 0 Å². The molecule has 0 amide bonds. The maximum absolute atomic E-state index is 6.50. The number of para-hydroxylation sites is 1. The predicted octanol–water partition coefficient (Wildman–Crippen LogP) is 10.3. The van der Waals surface area contributed by atoms with Crippen LogP contribution in [0, 0.1) is 12.1 Å². The summed E-state index contributed by atoms with van der Waals surface area (Å²) in [5.74, 6) is 2.12. The molecule has 47 heavy (non-hydrogen) atoms. The number of allylic oxidation sites excluding steroid dienone is 3. The molecule has 0 bridgehead atoms. The van der Waals surface area contributed by atoms with Crippen LogP contribution in [0.15, 0.2) is 115 Å². The van der Waals surface area contributed by atoms with E-state index in [1.807, 2.05) is 42.6 Å². The van der Waals surface area contributed by atoms with E-state index in [4.69, 9.17) is 9.11 Å². The first-order valence-corrected chi connectivity index (χ1v) is 16.7. The Bertz CT molecular complexity index is 2420. The monoisotopic (exact) mass is 804 g/mol. The SMILES string of the molecule is [Pt+2].[c-]1c(Oc2[c-]c3c(cc2)c2ccccc2n3-c2ccccn2)cccc1-c1nsc2c1C1(C=C2)C2=C(CCCC2)c2ccccc21. The number of hydrogen-bond acceptors (Lipinski definition) is 4. The van der Waals surface area contributed by atoms with Crippen molar-refractivity contribution in [1.29, 1.82) is 0 Å². The van der Waals surface area contributed by atoms with Crippen LogP contribution >= 0.6 is 11.5 Å². The summed E-state index contributed by atoms with van der Waals surface area (Å²) in [4.78, 5) is 5.90. The van der Waals surface area contributed by atoms with Gasteiger partial charge in [-0.05, 0) is 94.7 Å². The fourth-order valence-corrected chi connectivity index (χ4v) is 8.91. The fourth-order valence-electron chi connectivity index (χ4n) is 8.05. The van der Waals surface area contributed by atoms with Crippen molar-refractivity contribution >= 4 is 45.0 Å². The van der Waals surface area contributed by atoms with Crippen LogP contribution in [-0.2, 0) is 26.5 Å². The molecule has 3 aliphatic carbocycles. The van der Waals surface area contributed by atoms with Crippen molar-refractivity contribution in [3.05, 3.63) is 149 Å². The first-order valence-electron chi connectivity index (χ1n) is 15.9. The van der Waals surface area contributed by atoms with E-state index in [1.165, 1.54) is 34.4 Å². The van der Waals surface area contributed by atoms with Gasteiger partial charge < -0.3 is 9.30 Å². The van der Waals surface area contributed by atoms with Gasteiger partial charge in [-0.3, -0.25) is 0 Å². The van der Waals surface area contributed by atoms with Gasteiger partial charge in [0.1, 0.15) is 5.82 Å². The Morgan fingerprint density at radius 2 is 1.64 bits per heavy atom. The first-order chi connectivity index (χ1) is 22.8. The average Bonchev–Trinajstić information content (AvgIpc) is 3.86. The second-order valence-electron chi connectivity index (χ2n) is 12.3. The Hall–Kier alpha value is -4.57. The normalized spacial score (nSPS) is 17.6. The minimum Gasteiger partial charge on any atom is -0.503 e. The molecular formula is C41H27N3OPtS. The van der Waals surface area contributed by atoms with Gasteiger partial charge in [0.15, 0.2) is 0 Å². The topological polar surface area (TPSA) is 39.9 Å². The van der Waals surface area contributed by atoms with E-state index < -0.39 is 0 Å². The summed E-state index contributed by atoms with van der Waals surface area (Å²) in [6, 6.07) is 40.7. The van der Waals surface area contributed by atoms with Gasteiger partial charge in [0, 0.05) is 33.8 Å². The van der Waals surface area contributed by atoms with E-state index in [0.29, 0.717) is 11.5 Å². The maximum Gasteiger partial charge on any atom is 2.00 e. The molecule has 3 aromatic heterocycles. The van der Waals surface area contributed by atoms with Crippen LogP contribution < -0.4 is 4.74 Å². The summed E-state index contributed by atoms with van der Waals surface area (Å²) in [6.07, 6.45) is 11.3. The summed E-state index contributed by atoms with van der Waals surface area (Å²) in [6.45, 7) is 0. The Labute approximate surface area is 291 Å². The molecule has 3 heterocycles. The molecule has 10 rings (SSSR count). The molecule has 3 aliphatic rings. The quantitative estimate of drug-likeness (QED) is 0.166. The van der Waals surface area contributed by atoms with Crippen LogP contribution in [0.2, 0.25) is 0 Å². The molecule has 228 valence electrons. The van der Waals surface area contributed by atoms with E-state index in [2.05, 4.69) is 94.5 Å². The number of aromatic nitrogens is 3. The third-order valence-electron chi connectivity index (χ3n) is 9.90. The zero-order chi connectivity index (χ0) is 30.2. The van der Waals surface area contributed by atoms with Crippen molar-refractivity contribution in [3.63, 3.8) is 0 Å². The maximum atomic E-state index is 6.50. The summed E-state index contributed by atoms with van der Waals surface area (Å²) in [7, 11) is 0. The second-order valence-corrected chi connectivity index (χ2v) is 13.1. The Balaban J connectivity index is 0.00000302. The molecule has 4 aromatic carbocycles. The Kier molecular flexibility index (Phi) is 6.71. The van der Waals surface area contributed by atoms with E-state index in [-0.39, 0.29) is 26.5 Å². The predicted molar refractivity (Wildman–Crippen MR) is 186 cm³/mol. The molecule has 4 nitrogen and oxygen atoms in total. The van der Waals surface area contributed by atoms with Crippen molar-refractivity contribution in [2.75, 3.05) is 0 Å². The van der Waals surface area contributed by atoms with Crippen LogP contribution in [0.4, 0.5) is 0 Å². The number of fused-ring (bicyclic) bond motifs is 9. The third-order valence-corrected chi connectivity index (χ3v) is 10.7. The molecule has 1 unspecified atom stereocenters. The molecule has 0 fully saturated rings. The smallest absolute Gasteiger partial charge is 0.503 e. The first kappa shape index (κ1) is 28.6. The number of benzene rings is 4. The summed E-state index contributed by atoms with van der Waals surface area (Å²) in [5.41, 5.74) is 11.0. The number of rotatable bonds is 4. The zero-order valence-corrected chi connectivity index (χ0v) is 28.4. The van der Waals surface area contributed by atoms with Gasteiger partial charge in [-0.1, -0.05) is 66.2 Å². The Morgan fingerprint density at radius 1 is 0.787 bits per heavy atom. The van der Waals surface area contributed by atoms with E-state index in [1.54, 1.807) is 22.7 Å². The number of nitrogens with zero attached hydrogens (tertiary/aromatic N) is 3. The van der Waals surface area contributed by atoms with Gasteiger partial charge in [-0.2, -0.15) is 6.07 Å². The van der Waals surface area contributed by atoms with Crippen LogP contribution in [0.3, 0.4) is 0 Å². The Morgan fingerprint density at radius 3 is 2.57 bits per heavy atom. The van der Waals surface area contributed by atoms with Crippen LogP contribution in [-0.4, -0.2) is 13.9 Å². The largest absolute Gasteiger partial charge is 2.00 e. The van der Waals surface area contributed by atoms with Gasteiger partial charge in [0.05, 0.1) is 5.41 Å². The van der Waals surface area contributed by atoms with Crippen molar-refractivity contribution in [2.45, 2.75) is 31.1 Å². The minimum absolute atomic E-state index is 0. The summed E-state index contributed by atoms with van der Waals surface area (Å²) >= 11 is 1.59. The molecule has 1 spiro atoms. The van der Waals surface area contributed by atoms with Gasteiger partial charge in [0.25, 0.3) is 0 Å². The molecule has 7 aromatic rings. The van der Waals surface area contributed by atoms with Gasteiger partial charge in [-0.25, -0.2) is 9.36 Å². The molecule has 0 N–H and O–H groups in total. The second kappa shape index (κ2) is 11.0.